The molecule has 5 heteroatoms. The summed E-state index contributed by atoms with van der Waals surface area (Å²) in [7, 11) is 0. The van der Waals surface area contributed by atoms with Gasteiger partial charge in [0.05, 0.1) is 11.7 Å². The highest BCUT2D eigenvalue weighted by Gasteiger charge is 2.43. The quantitative estimate of drug-likeness (QED) is 0.892. The maximum Gasteiger partial charge on any atom is 0.419 e. The lowest BCUT2D eigenvalue weighted by atomic mass is 9.89. The first-order valence-electron chi connectivity index (χ1n) is 6.23. The molecule has 0 amide bonds. The molecule has 2 nitrogen and oxygen atoms in total. The molecule has 0 radical (unpaired) electrons. The fourth-order valence-corrected chi connectivity index (χ4v) is 2.41. The third-order valence-corrected chi connectivity index (χ3v) is 3.70. The van der Waals surface area contributed by atoms with E-state index in [-0.39, 0.29) is 11.2 Å². The Labute approximate surface area is 110 Å². The molecule has 19 heavy (non-hydrogen) atoms. The van der Waals surface area contributed by atoms with E-state index in [1.807, 2.05) is 13.8 Å². The first-order chi connectivity index (χ1) is 8.72. The summed E-state index contributed by atoms with van der Waals surface area (Å²) in [5.41, 5.74) is -1.12. The van der Waals surface area contributed by atoms with Gasteiger partial charge in [0.15, 0.2) is 0 Å². The molecular weight excluding hydrogens is 257 g/mol. The third kappa shape index (κ3) is 2.86. The van der Waals surface area contributed by atoms with Crippen molar-refractivity contribution in [1.29, 1.82) is 0 Å². The van der Waals surface area contributed by atoms with Gasteiger partial charge >= 0.3 is 6.18 Å². The molecule has 0 spiro atoms. The van der Waals surface area contributed by atoms with Gasteiger partial charge in [0.2, 0.25) is 0 Å². The topological polar surface area (TPSA) is 29.5 Å². The van der Waals surface area contributed by atoms with Gasteiger partial charge in [-0.2, -0.15) is 13.2 Å². The summed E-state index contributed by atoms with van der Waals surface area (Å²) in [6.45, 7) is 3.77. The molecule has 0 aliphatic heterocycles. The lowest BCUT2D eigenvalue weighted by Crippen LogP contribution is -2.35. The molecule has 2 atom stereocenters. The van der Waals surface area contributed by atoms with Gasteiger partial charge in [0, 0.05) is 0 Å². The van der Waals surface area contributed by atoms with Gasteiger partial charge in [-0.1, -0.05) is 26.0 Å². The van der Waals surface area contributed by atoms with E-state index in [9.17, 15) is 18.3 Å². The van der Waals surface area contributed by atoms with E-state index < -0.39 is 23.9 Å². The van der Waals surface area contributed by atoms with E-state index in [0.29, 0.717) is 6.42 Å². The fraction of sp³-hybridized carbons (Fsp3) is 0.571. The maximum absolute atomic E-state index is 12.8. The highest BCUT2D eigenvalue weighted by atomic mass is 19.4. The second-order valence-corrected chi connectivity index (χ2v) is 5.62. The van der Waals surface area contributed by atoms with Crippen LogP contribution in [0.3, 0.4) is 0 Å². The fourth-order valence-electron chi connectivity index (χ4n) is 2.41. The maximum atomic E-state index is 12.8. The average molecular weight is 274 g/mol. The van der Waals surface area contributed by atoms with Crippen LogP contribution in [0.2, 0.25) is 0 Å². The zero-order valence-electron chi connectivity index (χ0n) is 10.9. The zero-order valence-corrected chi connectivity index (χ0v) is 10.9. The SMILES string of the molecule is CC1(C)CCC(Oc2ccccc2C(F)(F)F)C1O. The Bertz CT molecular complexity index is 454. The van der Waals surface area contributed by atoms with Crippen LogP contribution in [0.25, 0.3) is 0 Å². The van der Waals surface area contributed by atoms with Crippen LogP contribution in [0.1, 0.15) is 32.3 Å². The monoisotopic (exact) mass is 274 g/mol. The average Bonchev–Trinajstić information content (AvgIpc) is 2.56. The summed E-state index contributed by atoms with van der Waals surface area (Å²) >= 11 is 0. The molecule has 2 rings (SSSR count). The molecule has 0 heterocycles. The molecule has 1 fully saturated rings. The molecule has 0 saturated heterocycles. The lowest BCUT2D eigenvalue weighted by molar-refractivity contribution is -0.139. The van der Waals surface area contributed by atoms with Gasteiger partial charge in [-0.05, 0) is 30.4 Å². The summed E-state index contributed by atoms with van der Waals surface area (Å²) < 4.78 is 43.9. The molecule has 1 saturated carbocycles. The number of hydrogen-bond donors (Lipinski definition) is 1. The van der Waals surface area contributed by atoms with Crippen molar-refractivity contribution in [2.45, 2.75) is 45.1 Å². The molecule has 1 aliphatic carbocycles. The highest BCUT2D eigenvalue weighted by molar-refractivity contribution is 5.35. The van der Waals surface area contributed by atoms with Gasteiger partial charge < -0.3 is 9.84 Å². The van der Waals surface area contributed by atoms with Crippen molar-refractivity contribution in [2.75, 3.05) is 0 Å². The van der Waals surface area contributed by atoms with E-state index in [1.54, 1.807) is 0 Å². The van der Waals surface area contributed by atoms with Crippen molar-refractivity contribution in [3.8, 4) is 5.75 Å². The van der Waals surface area contributed by atoms with Gasteiger partial charge in [-0.3, -0.25) is 0 Å². The van der Waals surface area contributed by atoms with Gasteiger partial charge in [-0.25, -0.2) is 0 Å². The minimum atomic E-state index is -4.45. The minimum absolute atomic E-state index is 0.211. The van der Waals surface area contributed by atoms with Gasteiger partial charge in [0.1, 0.15) is 11.9 Å². The van der Waals surface area contributed by atoms with Crippen molar-refractivity contribution >= 4 is 0 Å². The van der Waals surface area contributed by atoms with Crippen molar-refractivity contribution < 1.29 is 23.0 Å². The van der Waals surface area contributed by atoms with Crippen LogP contribution in [0.4, 0.5) is 13.2 Å². The van der Waals surface area contributed by atoms with Crippen LogP contribution < -0.4 is 4.74 Å². The number of hydrogen-bond acceptors (Lipinski definition) is 2. The van der Waals surface area contributed by atoms with E-state index >= 15 is 0 Å². The van der Waals surface area contributed by atoms with Gasteiger partial charge in [0.25, 0.3) is 0 Å². The van der Waals surface area contributed by atoms with E-state index in [4.69, 9.17) is 4.74 Å². The first kappa shape index (κ1) is 14.2. The van der Waals surface area contributed by atoms with Crippen LogP contribution >= 0.6 is 0 Å². The van der Waals surface area contributed by atoms with Crippen LogP contribution in [0.5, 0.6) is 5.75 Å². The third-order valence-electron chi connectivity index (χ3n) is 3.70. The van der Waals surface area contributed by atoms with E-state index in [0.717, 1.165) is 12.5 Å². The summed E-state index contributed by atoms with van der Waals surface area (Å²) in [6, 6.07) is 5.10. The van der Waals surface area contributed by atoms with Crippen molar-refractivity contribution in [3.05, 3.63) is 29.8 Å². The van der Waals surface area contributed by atoms with Crippen LogP contribution in [0.15, 0.2) is 24.3 Å². The molecular formula is C14H17F3O2. The number of rotatable bonds is 2. The Morgan fingerprint density at radius 2 is 1.89 bits per heavy atom. The second kappa shape index (κ2) is 4.71. The Morgan fingerprint density at radius 3 is 2.42 bits per heavy atom. The largest absolute Gasteiger partial charge is 0.487 e. The predicted octanol–water partition coefficient (Wildman–Crippen LogP) is 3.63. The highest BCUT2D eigenvalue weighted by Crippen LogP contribution is 2.42. The standard InChI is InChI=1S/C14H17F3O2/c1-13(2)8-7-11(12(13)18)19-10-6-4-3-5-9(10)14(15,16)17/h3-6,11-12,18H,7-8H2,1-2H3. The number of alkyl halides is 3. The van der Waals surface area contributed by atoms with Gasteiger partial charge in [-0.15, -0.1) is 0 Å². The van der Waals surface area contributed by atoms with Crippen molar-refractivity contribution in [2.24, 2.45) is 5.41 Å². The van der Waals surface area contributed by atoms with E-state index in [1.165, 1.54) is 18.2 Å². The summed E-state index contributed by atoms with van der Waals surface area (Å²) in [6.07, 6.45) is -4.50. The Kier molecular flexibility index (Phi) is 3.51. The van der Waals surface area contributed by atoms with Crippen LogP contribution in [-0.4, -0.2) is 17.3 Å². The van der Waals surface area contributed by atoms with Crippen molar-refractivity contribution in [3.63, 3.8) is 0 Å². The molecule has 1 aromatic rings. The predicted molar refractivity (Wildman–Crippen MR) is 64.9 cm³/mol. The molecule has 1 aliphatic rings. The summed E-state index contributed by atoms with van der Waals surface area (Å²) in [5, 5.41) is 10.1. The lowest BCUT2D eigenvalue weighted by Gasteiger charge is -2.26. The minimum Gasteiger partial charge on any atom is -0.487 e. The molecule has 0 aromatic heterocycles. The zero-order chi connectivity index (χ0) is 14.3. The molecule has 1 aromatic carbocycles. The Morgan fingerprint density at radius 1 is 1.26 bits per heavy atom. The molecule has 2 unspecified atom stereocenters. The number of halogens is 3. The molecule has 0 bridgehead atoms. The Balaban J connectivity index is 2.21. The van der Waals surface area contributed by atoms with Crippen LogP contribution in [-0.2, 0) is 6.18 Å². The van der Waals surface area contributed by atoms with Crippen molar-refractivity contribution in [1.82, 2.24) is 0 Å². The molecule has 106 valence electrons. The smallest absolute Gasteiger partial charge is 0.419 e. The summed E-state index contributed by atoms with van der Waals surface area (Å²) in [5.74, 6) is -0.211. The molecule has 1 N–H and O–H groups in total. The number of aliphatic hydroxyl groups is 1. The number of ether oxygens (including phenoxy) is 1. The number of para-hydroxylation sites is 1. The second-order valence-electron chi connectivity index (χ2n) is 5.62. The Hall–Kier alpha value is -1.23. The van der Waals surface area contributed by atoms with Crippen LogP contribution in [0, 0.1) is 5.41 Å². The normalized spacial score (nSPS) is 26.4. The van der Waals surface area contributed by atoms with E-state index in [2.05, 4.69) is 0 Å². The number of benzene rings is 1. The first-order valence-corrected chi connectivity index (χ1v) is 6.23. The number of aliphatic hydroxyl groups excluding tert-OH is 1. The summed E-state index contributed by atoms with van der Waals surface area (Å²) in [4.78, 5) is 0.